The molecule has 1 aliphatic heterocycles. The Hall–Kier alpha value is -3.32. The number of hydrogen-bond acceptors (Lipinski definition) is 10. The van der Waals surface area contributed by atoms with Gasteiger partial charge in [-0.3, -0.25) is 14.4 Å². The summed E-state index contributed by atoms with van der Waals surface area (Å²) in [6.07, 6.45) is 2.06. The molecular weight excluding hydrogens is 568 g/mol. The zero-order valence-electron chi connectivity index (χ0n) is 27.3. The third-order valence-corrected chi connectivity index (χ3v) is 7.98. The summed E-state index contributed by atoms with van der Waals surface area (Å²) in [4.78, 5) is 53.8. The molecule has 2 bridgehead atoms. The maximum Gasteiger partial charge on any atom is 0.405 e. The molecule has 0 saturated carbocycles. The van der Waals surface area contributed by atoms with Gasteiger partial charge < -0.3 is 40.6 Å². The first-order valence-electron chi connectivity index (χ1n) is 15.0. The molecule has 0 radical (unpaired) electrons. The number of Topliss-reactive ketones (excluding diaryl/α,β-unsaturated/α-hetero) is 1. The van der Waals surface area contributed by atoms with Gasteiger partial charge in [0.2, 0.25) is 11.6 Å². The maximum absolute atomic E-state index is 13.7. The second-order valence-corrected chi connectivity index (χ2v) is 12.0. The number of hydrogen-bond donors (Lipinski definition) is 4. The summed E-state index contributed by atoms with van der Waals surface area (Å²) in [7, 11) is 6.81. The molecule has 6 atom stereocenters. The summed E-state index contributed by atoms with van der Waals surface area (Å²) in [6.45, 7) is 8.22. The second kappa shape index (κ2) is 17.2. The molecule has 1 unspecified atom stereocenters. The van der Waals surface area contributed by atoms with Crippen molar-refractivity contribution < 1.29 is 38.5 Å². The molecule has 44 heavy (non-hydrogen) atoms. The van der Waals surface area contributed by atoms with Crippen molar-refractivity contribution in [2.75, 3.05) is 41.4 Å². The molecule has 0 aromatic heterocycles. The standard InChI is InChI=1S/C32H50N4O8/c1-18-14-22-27(34-12-13-36(5)6)24(37)17-23(29(22)39)35-31(40)19(2)10-9-11-25(42-7)30(44-32(33)41)21(4)16-20(3)28(38)26(15-18)43-8/h10,16-18,20,25-26,28,30,34,38H,9,11-15H2,1-8H3,(H2,33,41)(H,35,40)/b19-10+,21-16+/t18-,20+,25?,26+,28-,30+/m1/s1. The highest BCUT2D eigenvalue weighted by Crippen LogP contribution is 2.29. The van der Waals surface area contributed by atoms with Crippen LogP contribution in [-0.4, -0.2) is 99.4 Å². The second-order valence-electron chi connectivity index (χ2n) is 12.0. The molecule has 2 amide bonds. The average Bonchev–Trinajstić information content (AvgIpc) is 2.95. The van der Waals surface area contributed by atoms with Crippen molar-refractivity contribution in [3.63, 3.8) is 0 Å². The van der Waals surface area contributed by atoms with E-state index in [1.165, 1.54) is 14.2 Å². The molecule has 12 nitrogen and oxygen atoms in total. The molecule has 12 heteroatoms. The Balaban J connectivity index is 2.55. The van der Waals surface area contributed by atoms with Crippen LogP contribution in [0.5, 0.6) is 0 Å². The van der Waals surface area contributed by atoms with Crippen LogP contribution in [0.2, 0.25) is 0 Å². The van der Waals surface area contributed by atoms with Crippen LogP contribution in [0.25, 0.3) is 0 Å². The number of fused-ring (bicyclic) bond motifs is 2. The molecule has 0 aromatic carbocycles. The van der Waals surface area contributed by atoms with Crippen LogP contribution in [0, 0.1) is 11.8 Å². The van der Waals surface area contributed by atoms with E-state index in [1.54, 1.807) is 26.0 Å². The van der Waals surface area contributed by atoms with E-state index >= 15 is 0 Å². The highest BCUT2D eigenvalue weighted by atomic mass is 16.6. The van der Waals surface area contributed by atoms with E-state index < -0.39 is 53.9 Å². The Morgan fingerprint density at radius 3 is 2.39 bits per heavy atom. The Labute approximate surface area is 260 Å². The number of rotatable bonds is 7. The van der Waals surface area contributed by atoms with Crippen LogP contribution in [0.1, 0.15) is 53.4 Å². The van der Waals surface area contributed by atoms with E-state index in [2.05, 4.69) is 10.6 Å². The number of aliphatic hydroxyl groups is 1. The third-order valence-electron chi connectivity index (χ3n) is 7.98. The lowest BCUT2D eigenvalue weighted by atomic mass is 9.85. The van der Waals surface area contributed by atoms with Crippen LogP contribution in [-0.2, 0) is 28.6 Å². The fourth-order valence-electron chi connectivity index (χ4n) is 5.49. The lowest BCUT2D eigenvalue weighted by Gasteiger charge is -2.30. The van der Waals surface area contributed by atoms with Crippen molar-refractivity contribution in [3.05, 3.63) is 46.3 Å². The van der Waals surface area contributed by atoms with E-state index in [1.807, 2.05) is 32.8 Å². The number of nitrogens with zero attached hydrogens (tertiary/aromatic N) is 1. The van der Waals surface area contributed by atoms with Gasteiger partial charge >= 0.3 is 6.09 Å². The van der Waals surface area contributed by atoms with Crippen molar-refractivity contribution in [1.29, 1.82) is 0 Å². The quantitative estimate of drug-likeness (QED) is 0.245. The smallest absolute Gasteiger partial charge is 0.405 e. The molecule has 0 spiro atoms. The molecule has 1 aliphatic carbocycles. The van der Waals surface area contributed by atoms with Gasteiger partial charge in [-0.05, 0) is 65.1 Å². The van der Waals surface area contributed by atoms with Gasteiger partial charge in [0.1, 0.15) is 0 Å². The van der Waals surface area contributed by atoms with Gasteiger partial charge in [-0.15, -0.1) is 0 Å². The van der Waals surface area contributed by atoms with Crippen molar-refractivity contribution in [2.45, 2.75) is 77.8 Å². The first-order chi connectivity index (χ1) is 20.7. The minimum Gasteiger partial charge on any atom is -0.439 e. The molecule has 0 fully saturated rings. The summed E-state index contributed by atoms with van der Waals surface area (Å²) < 4.78 is 16.8. The number of nitrogens with two attached hydrogens (primary N) is 1. The Bertz CT molecular complexity index is 1190. The van der Waals surface area contributed by atoms with Gasteiger partial charge in [-0.1, -0.05) is 26.0 Å². The summed E-state index contributed by atoms with van der Waals surface area (Å²) in [6, 6.07) is 0. The number of carbonyl (C=O) groups excluding carboxylic acids is 4. The predicted molar refractivity (Wildman–Crippen MR) is 166 cm³/mol. The predicted octanol–water partition coefficient (Wildman–Crippen LogP) is 2.14. The molecule has 0 aromatic rings. The fourth-order valence-corrected chi connectivity index (χ4v) is 5.49. The topological polar surface area (TPSA) is 170 Å². The van der Waals surface area contributed by atoms with Crippen LogP contribution in [0.4, 0.5) is 4.79 Å². The highest BCUT2D eigenvalue weighted by molar-refractivity contribution is 6.23. The van der Waals surface area contributed by atoms with Gasteiger partial charge in [0.05, 0.1) is 29.7 Å². The summed E-state index contributed by atoms with van der Waals surface area (Å²) in [5, 5.41) is 17.1. The number of nitrogens with one attached hydrogen (secondary N) is 2. The summed E-state index contributed by atoms with van der Waals surface area (Å²) >= 11 is 0. The summed E-state index contributed by atoms with van der Waals surface area (Å²) in [5.74, 6) is -1.95. The first kappa shape index (κ1) is 36.9. The summed E-state index contributed by atoms with van der Waals surface area (Å²) in [5.41, 5.74) is 6.77. The van der Waals surface area contributed by atoms with Crippen LogP contribution in [0.3, 0.4) is 0 Å². The monoisotopic (exact) mass is 618 g/mol. The van der Waals surface area contributed by atoms with E-state index in [-0.39, 0.29) is 29.3 Å². The van der Waals surface area contributed by atoms with Gasteiger partial charge in [0, 0.05) is 50.4 Å². The van der Waals surface area contributed by atoms with Crippen LogP contribution in [0.15, 0.2) is 46.3 Å². The van der Waals surface area contributed by atoms with Crippen LogP contribution < -0.4 is 16.4 Å². The minimum absolute atomic E-state index is 0.0903. The number of amides is 2. The zero-order valence-corrected chi connectivity index (χ0v) is 27.3. The number of likely N-dealkylation sites (N-methyl/N-ethyl adjacent to an activating group) is 1. The van der Waals surface area contributed by atoms with E-state index in [4.69, 9.17) is 19.9 Å². The van der Waals surface area contributed by atoms with E-state index in [9.17, 15) is 24.3 Å². The van der Waals surface area contributed by atoms with Gasteiger partial charge in [0.25, 0.3) is 5.91 Å². The van der Waals surface area contributed by atoms with Crippen molar-refractivity contribution in [1.82, 2.24) is 15.5 Å². The minimum atomic E-state index is -0.963. The Morgan fingerprint density at radius 2 is 1.80 bits per heavy atom. The lowest BCUT2D eigenvalue weighted by molar-refractivity contribution is -0.120. The third kappa shape index (κ3) is 10.4. The molecule has 2 aliphatic rings. The molecule has 5 N–H and O–H groups in total. The van der Waals surface area contributed by atoms with Crippen LogP contribution >= 0.6 is 0 Å². The fraction of sp³-hybridized carbons (Fsp3) is 0.625. The SMILES string of the molecule is COC1CC/C=C(\C)C(=O)NC2=CC(=O)C(NCCN(C)C)=C(C[C@@H](C)C[C@H](OC)[C@H](O)[C@@H](C)/C=C(\C)[C@@H]1OC(N)=O)C2=O. The largest absolute Gasteiger partial charge is 0.439 e. The maximum atomic E-state index is 13.7. The lowest BCUT2D eigenvalue weighted by Crippen LogP contribution is -2.38. The Kier molecular flexibility index (Phi) is 14.4. The van der Waals surface area contributed by atoms with Crippen molar-refractivity contribution in [2.24, 2.45) is 17.6 Å². The molecule has 246 valence electrons. The molecule has 1 heterocycles. The first-order valence-corrected chi connectivity index (χ1v) is 15.0. The van der Waals surface area contributed by atoms with E-state index in [0.29, 0.717) is 43.5 Å². The number of aliphatic hydroxyl groups excluding tert-OH is 1. The Morgan fingerprint density at radius 1 is 1.14 bits per heavy atom. The highest BCUT2D eigenvalue weighted by Gasteiger charge is 2.33. The molecular formula is C32H50N4O8. The number of allylic oxidation sites excluding steroid dienone is 3. The van der Waals surface area contributed by atoms with Gasteiger partial charge in [-0.25, -0.2) is 4.79 Å². The average molecular weight is 619 g/mol. The normalized spacial score (nSPS) is 30.6. The number of ether oxygens (including phenoxy) is 3. The van der Waals surface area contributed by atoms with Gasteiger partial charge in [0.15, 0.2) is 6.10 Å². The van der Waals surface area contributed by atoms with Crippen molar-refractivity contribution >= 4 is 23.6 Å². The van der Waals surface area contributed by atoms with Gasteiger partial charge in [-0.2, -0.15) is 0 Å². The van der Waals surface area contributed by atoms with Crippen molar-refractivity contribution in [3.8, 4) is 0 Å². The molecule has 2 rings (SSSR count). The number of carbonyl (C=O) groups is 4. The number of methoxy groups -OCH3 is 2. The molecule has 0 saturated heterocycles. The van der Waals surface area contributed by atoms with E-state index in [0.717, 1.165) is 6.08 Å². The zero-order chi connectivity index (χ0) is 33.1. The number of primary amides is 1. The number of ketones is 2.